The molecular weight excluding hydrogens is 366 g/mol. The molecule has 2 aliphatic heterocycles. The van der Waals surface area contributed by atoms with E-state index in [2.05, 4.69) is 15.5 Å². The van der Waals surface area contributed by atoms with Crippen molar-refractivity contribution in [3.05, 3.63) is 59.7 Å². The number of amides is 2. The van der Waals surface area contributed by atoms with E-state index in [1.165, 1.54) is 18.5 Å². The predicted octanol–water partition coefficient (Wildman–Crippen LogP) is 3.45. The number of hydrogen-bond donors (Lipinski definition) is 2. The van der Waals surface area contributed by atoms with Crippen LogP contribution in [0.3, 0.4) is 0 Å². The zero-order valence-electron chi connectivity index (χ0n) is 16.5. The maximum Gasteiger partial charge on any atom is 0.255 e. The van der Waals surface area contributed by atoms with Gasteiger partial charge in [0.05, 0.1) is 6.10 Å². The topological polar surface area (TPSA) is 70.7 Å². The normalized spacial score (nSPS) is 18.6. The van der Waals surface area contributed by atoms with Crippen molar-refractivity contribution < 1.29 is 14.3 Å². The van der Waals surface area contributed by atoms with E-state index in [0.29, 0.717) is 17.7 Å². The van der Waals surface area contributed by atoms with Crippen molar-refractivity contribution in [1.29, 1.82) is 0 Å². The minimum absolute atomic E-state index is 0.112. The van der Waals surface area contributed by atoms with Crippen LogP contribution in [0.5, 0.6) is 0 Å². The first-order valence-corrected chi connectivity index (χ1v) is 10.4. The van der Waals surface area contributed by atoms with Crippen LogP contribution < -0.4 is 15.5 Å². The minimum Gasteiger partial charge on any atom is -0.376 e. The van der Waals surface area contributed by atoms with Crippen molar-refractivity contribution in [2.75, 3.05) is 36.5 Å². The van der Waals surface area contributed by atoms with Gasteiger partial charge in [0.1, 0.15) is 0 Å². The lowest BCUT2D eigenvalue weighted by Crippen LogP contribution is -2.31. The highest BCUT2D eigenvalue weighted by Gasteiger charge is 2.17. The molecule has 1 unspecified atom stereocenters. The van der Waals surface area contributed by atoms with Crippen LogP contribution in [0, 0.1) is 0 Å². The van der Waals surface area contributed by atoms with Gasteiger partial charge in [0.2, 0.25) is 0 Å². The van der Waals surface area contributed by atoms with Gasteiger partial charge in [-0.15, -0.1) is 0 Å². The lowest BCUT2D eigenvalue weighted by Gasteiger charge is -2.17. The molecule has 2 N–H and O–H groups in total. The molecule has 0 saturated carbocycles. The molecule has 2 saturated heterocycles. The molecule has 29 heavy (non-hydrogen) atoms. The molecule has 2 heterocycles. The smallest absolute Gasteiger partial charge is 0.255 e. The molecule has 0 spiro atoms. The van der Waals surface area contributed by atoms with Gasteiger partial charge < -0.3 is 20.3 Å². The summed E-state index contributed by atoms with van der Waals surface area (Å²) in [6.45, 7) is 3.48. The Balaban J connectivity index is 1.31. The first kappa shape index (κ1) is 19.5. The summed E-state index contributed by atoms with van der Waals surface area (Å²) in [5.41, 5.74) is 3.01. The zero-order valence-corrected chi connectivity index (χ0v) is 16.5. The van der Waals surface area contributed by atoms with Crippen molar-refractivity contribution in [2.24, 2.45) is 0 Å². The van der Waals surface area contributed by atoms with Gasteiger partial charge in [-0.25, -0.2) is 0 Å². The number of carbonyl (C=O) groups is 2. The van der Waals surface area contributed by atoms with E-state index >= 15 is 0 Å². The van der Waals surface area contributed by atoms with Crippen molar-refractivity contribution in [3.8, 4) is 0 Å². The number of rotatable bonds is 6. The molecule has 0 aliphatic carbocycles. The molecule has 2 aliphatic rings. The molecule has 1 atom stereocenters. The fraction of sp³-hybridized carbons (Fsp3) is 0.391. The summed E-state index contributed by atoms with van der Waals surface area (Å²) in [6.07, 6.45) is 4.62. The van der Waals surface area contributed by atoms with Crippen LogP contribution in [-0.4, -0.2) is 44.2 Å². The second-order valence-electron chi connectivity index (χ2n) is 7.62. The third-order valence-electron chi connectivity index (χ3n) is 5.52. The van der Waals surface area contributed by atoms with Crippen LogP contribution in [0.25, 0.3) is 0 Å². The number of carbonyl (C=O) groups excluding carboxylic acids is 2. The Bertz CT molecular complexity index is 837. The molecule has 6 nitrogen and oxygen atoms in total. The Morgan fingerprint density at radius 3 is 2.17 bits per heavy atom. The Labute approximate surface area is 171 Å². The number of benzene rings is 2. The van der Waals surface area contributed by atoms with Gasteiger partial charge in [0.15, 0.2) is 0 Å². The quantitative estimate of drug-likeness (QED) is 0.789. The van der Waals surface area contributed by atoms with E-state index in [1.807, 2.05) is 24.3 Å². The van der Waals surface area contributed by atoms with E-state index in [1.54, 1.807) is 24.3 Å². The second-order valence-corrected chi connectivity index (χ2v) is 7.62. The molecule has 4 rings (SSSR count). The average Bonchev–Trinajstić information content (AvgIpc) is 3.47. The molecule has 6 heteroatoms. The zero-order chi connectivity index (χ0) is 20.1. The molecular formula is C23H27N3O3. The van der Waals surface area contributed by atoms with Crippen LogP contribution in [0.15, 0.2) is 48.5 Å². The highest BCUT2D eigenvalue weighted by atomic mass is 16.5. The van der Waals surface area contributed by atoms with E-state index in [-0.39, 0.29) is 17.9 Å². The number of ether oxygens (including phenoxy) is 1. The van der Waals surface area contributed by atoms with Crippen LogP contribution in [0.1, 0.15) is 46.4 Å². The van der Waals surface area contributed by atoms with Crippen LogP contribution in [-0.2, 0) is 4.74 Å². The van der Waals surface area contributed by atoms with Crippen LogP contribution in [0.2, 0.25) is 0 Å². The van der Waals surface area contributed by atoms with E-state index in [0.717, 1.165) is 38.2 Å². The Morgan fingerprint density at radius 1 is 0.897 bits per heavy atom. The van der Waals surface area contributed by atoms with E-state index in [4.69, 9.17) is 4.74 Å². The summed E-state index contributed by atoms with van der Waals surface area (Å²) in [6, 6.07) is 14.7. The van der Waals surface area contributed by atoms with Gasteiger partial charge >= 0.3 is 0 Å². The highest BCUT2D eigenvalue weighted by Crippen LogP contribution is 2.22. The Kier molecular flexibility index (Phi) is 6.10. The summed E-state index contributed by atoms with van der Waals surface area (Å²) < 4.78 is 5.51. The largest absolute Gasteiger partial charge is 0.376 e. The molecule has 2 amide bonds. The number of nitrogens with one attached hydrogen (secondary N) is 2. The third kappa shape index (κ3) is 4.95. The summed E-state index contributed by atoms with van der Waals surface area (Å²) in [7, 11) is 0. The standard InChI is InChI=1S/C23H27N3O3/c27-22(24-16-21-4-3-15-29-21)17-5-7-18(8-6-17)23(28)25-19-9-11-20(12-10-19)26-13-1-2-14-26/h5-12,21H,1-4,13-16H2,(H,24,27)(H,25,28). The molecule has 0 aromatic heterocycles. The van der Waals surface area contributed by atoms with E-state index < -0.39 is 0 Å². The van der Waals surface area contributed by atoms with Gasteiger partial charge in [-0.2, -0.15) is 0 Å². The van der Waals surface area contributed by atoms with Crippen molar-refractivity contribution in [1.82, 2.24) is 5.32 Å². The summed E-state index contributed by atoms with van der Waals surface area (Å²) in [4.78, 5) is 27.1. The minimum atomic E-state index is -0.190. The lowest BCUT2D eigenvalue weighted by atomic mass is 10.1. The Hall–Kier alpha value is -2.86. The van der Waals surface area contributed by atoms with Gasteiger partial charge in [-0.3, -0.25) is 9.59 Å². The Morgan fingerprint density at radius 2 is 1.55 bits per heavy atom. The molecule has 0 bridgehead atoms. The van der Waals surface area contributed by atoms with Crippen LogP contribution >= 0.6 is 0 Å². The van der Waals surface area contributed by atoms with Crippen molar-refractivity contribution >= 4 is 23.2 Å². The maximum absolute atomic E-state index is 12.5. The highest BCUT2D eigenvalue weighted by molar-refractivity contribution is 6.05. The monoisotopic (exact) mass is 393 g/mol. The van der Waals surface area contributed by atoms with Crippen LogP contribution in [0.4, 0.5) is 11.4 Å². The maximum atomic E-state index is 12.5. The number of nitrogens with zero attached hydrogens (tertiary/aromatic N) is 1. The lowest BCUT2D eigenvalue weighted by molar-refractivity contribution is 0.0857. The number of hydrogen-bond acceptors (Lipinski definition) is 4. The van der Waals surface area contributed by atoms with Gasteiger partial charge in [0.25, 0.3) is 11.8 Å². The predicted molar refractivity (Wildman–Crippen MR) is 114 cm³/mol. The SMILES string of the molecule is O=C(NCC1CCCO1)c1ccc(C(=O)Nc2ccc(N3CCCC3)cc2)cc1. The first-order chi connectivity index (χ1) is 14.2. The van der Waals surface area contributed by atoms with Crippen molar-refractivity contribution in [3.63, 3.8) is 0 Å². The molecule has 0 radical (unpaired) electrons. The molecule has 2 fully saturated rings. The summed E-state index contributed by atoms with van der Waals surface area (Å²) in [5.74, 6) is -0.338. The fourth-order valence-corrected chi connectivity index (χ4v) is 3.82. The molecule has 2 aromatic rings. The first-order valence-electron chi connectivity index (χ1n) is 10.4. The van der Waals surface area contributed by atoms with Crippen molar-refractivity contribution in [2.45, 2.75) is 31.8 Å². The molecule has 2 aromatic carbocycles. The van der Waals surface area contributed by atoms with Gasteiger partial charge in [0, 0.05) is 48.7 Å². The summed E-state index contributed by atoms with van der Waals surface area (Å²) in [5, 5.41) is 5.80. The van der Waals surface area contributed by atoms with Gasteiger partial charge in [-0.05, 0) is 74.2 Å². The third-order valence-corrected chi connectivity index (χ3v) is 5.52. The fourth-order valence-electron chi connectivity index (χ4n) is 3.82. The van der Waals surface area contributed by atoms with E-state index in [9.17, 15) is 9.59 Å². The molecule has 152 valence electrons. The number of anilines is 2. The van der Waals surface area contributed by atoms with Gasteiger partial charge in [-0.1, -0.05) is 0 Å². The average molecular weight is 393 g/mol. The summed E-state index contributed by atoms with van der Waals surface area (Å²) >= 11 is 0. The second kappa shape index (κ2) is 9.09.